The highest BCUT2D eigenvalue weighted by Crippen LogP contribution is 2.28. The first kappa shape index (κ1) is 17.8. The highest BCUT2D eigenvalue weighted by atomic mass is 16.2. The lowest BCUT2D eigenvalue weighted by atomic mass is 10.2. The number of carbonyl (C=O) groups is 1. The molecule has 0 aliphatic carbocycles. The van der Waals surface area contributed by atoms with E-state index in [0.29, 0.717) is 24.6 Å². The minimum atomic E-state index is 0. The minimum Gasteiger partial charge on any atom is -0.403 e. The molecule has 1 aliphatic rings. The summed E-state index contributed by atoms with van der Waals surface area (Å²) < 4.78 is 0. The van der Waals surface area contributed by atoms with E-state index in [1.807, 2.05) is 36.9 Å². The van der Waals surface area contributed by atoms with E-state index in [4.69, 9.17) is 5.73 Å². The van der Waals surface area contributed by atoms with Gasteiger partial charge in [0.1, 0.15) is 0 Å². The number of rotatable bonds is 5. The van der Waals surface area contributed by atoms with Crippen LogP contribution in [0.3, 0.4) is 0 Å². The summed E-state index contributed by atoms with van der Waals surface area (Å²) in [4.78, 5) is 27.3. The van der Waals surface area contributed by atoms with E-state index >= 15 is 0 Å². The lowest BCUT2D eigenvalue weighted by molar-refractivity contribution is -0.117. The van der Waals surface area contributed by atoms with Gasteiger partial charge in [0.05, 0.1) is 16.9 Å². The number of aliphatic imine (C=N–C) groups is 1. The Hall–Kier alpha value is -2.96. The van der Waals surface area contributed by atoms with Crippen LogP contribution in [-0.4, -0.2) is 34.2 Å². The third-order valence-corrected chi connectivity index (χ3v) is 4.53. The van der Waals surface area contributed by atoms with Gasteiger partial charge in [-0.1, -0.05) is 0 Å². The second-order valence-corrected chi connectivity index (χ2v) is 6.35. The van der Waals surface area contributed by atoms with Crippen LogP contribution in [0.5, 0.6) is 0 Å². The van der Waals surface area contributed by atoms with E-state index in [1.54, 1.807) is 6.20 Å². The number of allylic oxidation sites excluding steroid dienone is 1. The average Bonchev–Trinajstić information content (AvgIpc) is 2.97. The number of anilines is 2. The quantitative estimate of drug-likeness (QED) is 0.804. The molecule has 1 saturated heterocycles. The molecule has 7 heteroatoms. The molecule has 0 spiro atoms. The van der Waals surface area contributed by atoms with Crippen LogP contribution >= 0.6 is 0 Å². The van der Waals surface area contributed by atoms with Crippen molar-refractivity contribution in [3.05, 3.63) is 36.3 Å². The van der Waals surface area contributed by atoms with Crippen LogP contribution in [0.2, 0.25) is 0 Å². The second-order valence-electron chi connectivity index (χ2n) is 6.35. The van der Waals surface area contributed by atoms with Crippen LogP contribution in [0.4, 0.5) is 11.6 Å². The summed E-state index contributed by atoms with van der Waals surface area (Å²) in [6.45, 7) is 6.59. The SMILES string of the molecule is CCN=C(C)/C(=C\N)Nc1ncc2ccc(N3C(=O)CCC3C)cc2n1.[HH]. The number of fused-ring (bicyclic) bond motifs is 1. The van der Waals surface area contributed by atoms with Gasteiger partial charge in [-0.2, -0.15) is 0 Å². The molecule has 7 nitrogen and oxygen atoms in total. The fourth-order valence-electron chi connectivity index (χ4n) is 3.14. The van der Waals surface area contributed by atoms with Crippen LogP contribution in [0, 0.1) is 0 Å². The molecule has 26 heavy (non-hydrogen) atoms. The summed E-state index contributed by atoms with van der Waals surface area (Å²) in [6, 6.07) is 6.03. The topological polar surface area (TPSA) is 96.5 Å². The lowest BCUT2D eigenvalue weighted by Gasteiger charge is -2.22. The maximum Gasteiger partial charge on any atom is 0.227 e. The van der Waals surface area contributed by atoms with Crippen LogP contribution in [0.15, 0.2) is 41.3 Å². The van der Waals surface area contributed by atoms with Crippen LogP contribution in [0.1, 0.15) is 35.0 Å². The zero-order valence-electron chi connectivity index (χ0n) is 15.4. The fourth-order valence-corrected chi connectivity index (χ4v) is 3.14. The summed E-state index contributed by atoms with van der Waals surface area (Å²) in [5.41, 5.74) is 8.81. The number of aromatic nitrogens is 2. The van der Waals surface area contributed by atoms with Gasteiger partial charge in [-0.25, -0.2) is 9.97 Å². The maximum atomic E-state index is 12.2. The van der Waals surface area contributed by atoms with Gasteiger partial charge in [0, 0.05) is 43.9 Å². The lowest BCUT2D eigenvalue weighted by Crippen LogP contribution is -2.30. The smallest absolute Gasteiger partial charge is 0.227 e. The van der Waals surface area contributed by atoms with Crippen molar-refractivity contribution < 1.29 is 6.22 Å². The number of nitrogens with two attached hydrogens (primary N) is 1. The number of amides is 1. The third-order valence-electron chi connectivity index (χ3n) is 4.53. The maximum absolute atomic E-state index is 12.2. The van der Waals surface area contributed by atoms with Crippen molar-refractivity contribution in [1.29, 1.82) is 0 Å². The fraction of sp³-hybridized carbons (Fsp3) is 0.368. The first-order valence-corrected chi connectivity index (χ1v) is 8.82. The first-order chi connectivity index (χ1) is 12.5. The normalized spacial score (nSPS) is 18.7. The molecule has 1 amide bonds. The average molecular weight is 354 g/mol. The predicted octanol–water partition coefficient (Wildman–Crippen LogP) is 3.08. The van der Waals surface area contributed by atoms with Gasteiger partial charge >= 0.3 is 0 Å². The summed E-state index contributed by atoms with van der Waals surface area (Å²) in [7, 11) is 0. The summed E-state index contributed by atoms with van der Waals surface area (Å²) >= 11 is 0. The molecule has 3 N–H and O–H groups in total. The highest BCUT2D eigenvalue weighted by Gasteiger charge is 2.28. The van der Waals surface area contributed by atoms with Crippen molar-refractivity contribution in [2.24, 2.45) is 10.7 Å². The molecule has 0 bridgehead atoms. The van der Waals surface area contributed by atoms with E-state index in [1.165, 1.54) is 6.20 Å². The Morgan fingerprint density at radius 1 is 1.54 bits per heavy atom. The van der Waals surface area contributed by atoms with Gasteiger partial charge in [-0.15, -0.1) is 0 Å². The van der Waals surface area contributed by atoms with Gasteiger partial charge in [0.15, 0.2) is 0 Å². The Bertz CT molecular complexity index is 895. The molecule has 2 heterocycles. The monoisotopic (exact) mass is 354 g/mol. The zero-order valence-corrected chi connectivity index (χ0v) is 15.4. The van der Waals surface area contributed by atoms with Crippen molar-refractivity contribution in [2.75, 3.05) is 16.8 Å². The van der Waals surface area contributed by atoms with Crippen molar-refractivity contribution in [3.8, 4) is 0 Å². The molecule has 1 atom stereocenters. The summed E-state index contributed by atoms with van der Waals surface area (Å²) in [6.07, 6.45) is 4.69. The Labute approximate surface area is 154 Å². The number of nitrogens with zero attached hydrogens (tertiary/aromatic N) is 4. The van der Waals surface area contributed by atoms with Crippen molar-refractivity contribution >= 4 is 34.2 Å². The Morgan fingerprint density at radius 3 is 3.00 bits per heavy atom. The molecular formula is C19H26N6O. The van der Waals surface area contributed by atoms with Crippen LogP contribution < -0.4 is 16.0 Å². The molecule has 3 rings (SSSR count). The molecule has 2 aromatic rings. The molecule has 0 saturated carbocycles. The Balaban J connectivity index is 0.00000261. The Kier molecular flexibility index (Phi) is 5.16. The van der Waals surface area contributed by atoms with E-state index < -0.39 is 0 Å². The number of carbonyl (C=O) groups excluding carboxylic acids is 1. The molecule has 1 unspecified atom stereocenters. The van der Waals surface area contributed by atoms with Crippen molar-refractivity contribution in [2.45, 2.75) is 39.7 Å². The minimum absolute atomic E-state index is 0. The van der Waals surface area contributed by atoms with Crippen LogP contribution in [-0.2, 0) is 4.79 Å². The molecule has 1 aromatic heterocycles. The number of hydrogen-bond acceptors (Lipinski definition) is 6. The van der Waals surface area contributed by atoms with E-state index in [-0.39, 0.29) is 13.4 Å². The van der Waals surface area contributed by atoms with E-state index in [2.05, 4.69) is 27.2 Å². The van der Waals surface area contributed by atoms with Gasteiger partial charge in [-0.05, 0) is 45.4 Å². The standard InChI is InChI=1S/C19H24N6O.H2/c1-4-21-13(3)17(10-20)24-19-22-11-14-6-7-15(9-16(14)23-19)25-12(2)5-8-18(25)26;/h6-7,9-12H,4-5,8,20H2,1-3H3,(H,22,23,24);1H/b17-10+,21-13?;. The van der Waals surface area contributed by atoms with Gasteiger partial charge < -0.3 is 16.0 Å². The third kappa shape index (κ3) is 3.51. The van der Waals surface area contributed by atoms with Crippen LogP contribution in [0.25, 0.3) is 10.9 Å². The molecule has 0 radical (unpaired) electrons. The number of benzene rings is 1. The van der Waals surface area contributed by atoms with Gasteiger partial charge in [-0.3, -0.25) is 9.79 Å². The summed E-state index contributed by atoms with van der Waals surface area (Å²) in [5, 5.41) is 4.03. The zero-order chi connectivity index (χ0) is 18.7. The van der Waals surface area contributed by atoms with Gasteiger partial charge in [0.2, 0.25) is 11.9 Å². The Morgan fingerprint density at radius 2 is 2.35 bits per heavy atom. The molecule has 1 fully saturated rings. The molecule has 1 aromatic carbocycles. The molecule has 138 valence electrons. The number of nitrogens with one attached hydrogen (secondary N) is 1. The van der Waals surface area contributed by atoms with E-state index in [9.17, 15) is 4.79 Å². The van der Waals surface area contributed by atoms with Gasteiger partial charge in [0.25, 0.3) is 0 Å². The molecular weight excluding hydrogens is 328 g/mol. The number of hydrogen-bond donors (Lipinski definition) is 2. The molecule has 1 aliphatic heterocycles. The summed E-state index contributed by atoms with van der Waals surface area (Å²) in [5.74, 6) is 0.599. The first-order valence-electron chi connectivity index (χ1n) is 8.82. The van der Waals surface area contributed by atoms with Crippen molar-refractivity contribution in [3.63, 3.8) is 0 Å². The second kappa shape index (κ2) is 7.51. The van der Waals surface area contributed by atoms with Crippen molar-refractivity contribution in [1.82, 2.24) is 9.97 Å². The highest BCUT2D eigenvalue weighted by molar-refractivity contribution is 6.00. The van der Waals surface area contributed by atoms with E-state index in [0.717, 1.165) is 28.7 Å². The predicted molar refractivity (Wildman–Crippen MR) is 107 cm³/mol. The largest absolute Gasteiger partial charge is 0.403 e.